The lowest BCUT2D eigenvalue weighted by Gasteiger charge is -2.19. The number of rotatable bonds is 6. The van der Waals surface area contributed by atoms with Crippen LogP contribution in [0.5, 0.6) is 0 Å². The average molecular weight is 434 g/mol. The molecule has 0 amide bonds. The maximum Gasteiger partial charge on any atom is 0.338 e. The minimum atomic E-state index is -0.394. The van der Waals surface area contributed by atoms with Crippen molar-refractivity contribution in [1.82, 2.24) is 4.98 Å². The van der Waals surface area contributed by atoms with Gasteiger partial charge in [-0.15, -0.1) is 11.3 Å². The molecule has 0 spiro atoms. The lowest BCUT2D eigenvalue weighted by Crippen LogP contribution is -2.26. The fourth-order valence-electron chi connectivity index (χ4n) is 3.47. The molecule has 0 aliphatic carbocycles. The van der Waals surface area contributed by atoms with Crippen LogP contribution in [-0.2, 0) is 4.74 Å². The molecule has 1 aliphatic heterocycles. The number of anilines is 1. The molecule has 0 saturated carbocycles. The summed E-state index contributed by atoms with van der Waals surface area (Å²) in [6.45, 7) is 4.45. The third kappa shape index (κ3) is 4.09. The van der Waals surface area contributed by atoms with E-state index in [1.165, 1.54) is 11.3 Å². The monoisotopic (exact) mass is 433 g/mol. The molecule has 31 heavy (non-hydrogen) atoms. The Morgan fingerprint density at radius 3 is 2.74 bits per heavy atom. The van der Waals surface area contributed by atoms with Crippen LogP contribution in [0.2, 0.25) is 0 Å². The van der Waals surface area contributed by atoms with Gasteiger partial charge in [-0.3, -0.25) is 5.41 Å². The smallest absolute Gasteiger partial charge is 0.338 e. The molecule has 7 heteroatoms. The summed E-state index contributed by atoms with van der Waals surface area (Å²) in [6.07, 6.45) is 0.752. The number of thiazole rings is 1. The zero-order valence-corrected chi connectivity index (χ0v) is 18.2. The normalized spacial score (nSPS) is 13.7. The number of amidine groups is 1. The van der Waals surface area contributed by atoms with Crippen molar-refractivity contribution >= 4 is 34.4 Å². The van der Waals surface area contributed by atoms with E-state index < -0.39 is 5.97 Å². The Kier molecular flexibility index (Phi) is 5.86. The Hall–Kier alpha value is -3.45. The quantitative estimate of drug-likeness (QED) is 0.505. The molecule has 1 aromatic heterocycles. The number of hydrogen-bond acceptors (Lipinski definition) is 6. The van der Waals surface area contributed by atoms with Gasteiger partial charge in [0.1, 0.15) is 16.6 Å². The van der Waals surface area contributed by atoms with Gasteiger partial charge in [0.15, 0.2) is 0 Å². The summed E-state index contributed by atoms with van der Waals surface area (Å²) in [6, 6.07) is 16.8. The highest BCUT2D eigenvalue weighted by Crippen LogP contribution is 2.36. The number of carbonyl (C=O) groups excluding carboxylic acids is 1. The largest absolute Gasteiger partial charge is 0.510 e. The van der Waals surface area contributed by atoms with Gasteiger partial charge in [0, 0.05) is 16.1 Å². The zero-order chi connectivity index (χ0) is 22.0. The third-order valence-corrected chi connectivity index (χ3v) is 5.98. The fourth-order valence-corrected chi connectivity index (χ4v) is 4.47. The number of aromatic nitrogens is 1. The molecule has 6 nitrogen and oxygen atoms in total. The van der Waals surface area contributed by atoms with Crippen LogP contribution >= 0.6 is 11.3 Å². The molecule has 0 radical (unpaired) electrons. The number of aliphatic hydroxyl groups is 1. The zero-order valence-electron chi connectivity index (χ0n) is 17.4. The summed E-state index contributed by atoms with van der Waals surface area (Å²) in [5.74, 6) is -0.142. The second kappa shape index (κ2) is 8.73. The number of nitrogens with zero attached hydrogens (tertiary/aromatic N) is 2. The van der Waals surface area contributed by atoms with Gasteiger partial charge >= 0.3 is 5.97 Å². The molecule has 0 saturated heterocycles. The standard InChI is InChI=1S/C24H23N3O3S/c1-3-12-30-24(29)17-10-7-11-18(13-17)27-14-19(28)20(22(27)25)23-26-21(15(2)31-23)16-8-5-4-6-9-16/h4-11,13,25,28H,3,12,14H2,1-2H3. The average Bonchev–Trinajstić information content (AvgIpc) is 3.31. The number of benzene rings is 2. The highest BCUT2D eigenvalue weighted by molar-refractivity contribution is 7.13. The van der Waals surface area contributed by atoms with Crippen LogP contribution in [-0.4, -0.2) is 35.0 Å². The van der Waals surface area contributed by atoms with E-state index in [1.54, 1.807) is 23.1 Å². The Morgan fingerprint density at radius 2 is 2.00 bits per heavy atom. The lowest BCUT2D eigenvalue weighted by molar-refractivity contribution is 0.0505. The van der Waals surface area contributed by atoms with Gasteiger partial charge in [0.05, 0.1) is 30.0 Å². The highest BCUT2D eigenvalue weighted by Gasteiger charge is 2.32. The first kappa shape index (κ1) is 20.8. The fraction of sp³-hybridized carbons (Fsp3) is 0.208. The van der Waals surface area contributed by atoms with Crippen LogP contribution in [0, 0.1) is 12.3 Å². The topological polar surface area (TPSA) is 86.5 Å². The summed E-state index contributed by atoms with van der Waals surface area (Å²) in [5, 5.41) is 20.0. The van der Waals surface area contributed by atoms with E-state index in [0.29, 0.717) is 28.4 Å². The summed E-state index contributed by atoms with van der Waals surface area (Å²) in [7, 11) is 0. The number of esters is 1. The Labute approximate surface area is 185 Å². The Morgan fingerprint density at radius 1 is 1.23 bits per heavy atom. The maximum absolute atomic E-state index is 12.2. The maximum atomic E-state index is 12.2. The summed E-state index contributed by atoms with van der Waals surface area (Å²) < 4.78 is 5.21. The first-order valence-corrected chi connectivity index (χ1v) is 10.9. The van der Waals surface area contributed by atoms with E-state index in [2.05, 4.69) is 0 Å². The van der Waals surface area contributed by atoms with E-state index >= 15 is 0 Å². The molecule has 158 valence electrons. The molecule has 4 rings (SSSR count). The van der Waals surface area contributed by atoms with Crippen molar-refractivity contribution in [1.29, 1.82) is 5.41 Å². The van der Waals surface area contributed by atoms with Crippen molar-refractivity contribution in [3.63, 3.8) is 0 Å². The SMILES string of the molecule is CCCOC(=O)c1cccc(N2CC(O)=C(c3nc(-c4ccccc4)c(C)s3)C2=N)c1. The predicted octanol–water partition coefficient (Wildman–Crippen LogP) is 5.45. The number of ether oxygens (including phenoxy) is 1. The van der Waals surface area contributed by atoms with Crippen LogP contribution in [0.25, 0.3) is 16.8 Å². The third-order valence-electron chi connectivity index (χ3n) is 4.99. The second-order valence-corrected chi connectivity index (χ2v) is 8.44. The first-order valence-electron chi connectivity index (χ1n) is 10.1. The van der Waals surface area contributed by atoms with Crippen molar-refractivity contribution in [3.05, 3.63) is 75.8 Å². The molecular formula is C24H23N3O3S. The molecule has 2 N–H and O–H groups in total. The van der Waals surface area contributed by atoms with Crippen LogP contribution < -0.4 is 4.90 Å². The first-order chi connectivity index (χ1) is 15.0. The molecular weight excluding hydrogens is 410 g/mol. The van der Waals surface area contributed by atoms with Gasteiger partial charge in [0.25, 0.3) is 0 Å². The molecule has 3 aromatic rings. The van der Waals surface area contributed by atoms with Crippen LogP contribution in [0.1, 0.15) is 33.6 Å². The van der Waals surface area contributed by atoms with Gasteiger partial charge in [-0.2, -0.15) is 0 Å². The van der Waals surface area contributed by atoms with Crippen LogP contribution in [0.15, 0.2) is 60.4 Å². The van der Waals surface area contributed by atoms with Gasteiger partial charge in [-0.1, -0.05) is 43.3 Å². The summed E-state index contributed by atoms with van der Waals surface area (Å²) in [4.78, 5) is 19.6. The Balaban J connectivity index is 1.61. The number of carbonyl (C=O) groups is 1. The highest BCUT2D eigenvalue weighted by atomic mass is 32.1. The second-order valence-electron chi connectivity index (χ2n) is 7.23. The van der Waals surface area contributed by atoms with Crippen molar-refractivity contribution in [3.8, 4) is 11.3 Å². The molecule has 0 fully saturated rings. The van der Waals surface area contributed by atoms with Gasteiger partial charge in [-0.05, 0) is 31.5 Å². The van der Waals surface area contributed by atoms with Crippen LogP contribution in [0.4, 0.5) is 5.69 Å². The molecule has 0 bridgehead atoms. The molecule has 1 aliphatic rings. The summed E-state index contributed by atoms with van der Waals surface area (Å²) >= 11 is 1.46. The molecule has 2 aromatic carbocycles. The minimum Gasteiger partial charge on any atom is -0.510 e. The lowest BCUT2D eigenvalue weighted by atomic mass is 10.1. The number of aliphatic hydroxyl groups excluding tert-OH is 1. The number of nitrogens with one attached hydrogen (secondary N) is 1. The van der Waals surface area contributed by atoms with E-state index in [-0.39, 0.29) is 18.1 Å². The van der Waals surface area contributed by atoms with Gasteiger partial charge < -0.3 is 14.7 Å². The molecule has 2 heterocycles. The number of aryl methyl sites for hydroxylation is 1. The van der Waals surface area contributed by atoms with E-state index in [0.717, 1.165) is 22.6 Å². The molecule has 0 unspecified atom stereocenters. The van der Waals surface area contributed by atoms with Crippen LogP contribution in [0.3, 0.4) is 0 Å². The van der Waals surface area contributed by atoms with E-state index in [4.69, 9.17) is 15.1 Å². The summed E-state index contributed by atoms with van der Waals surface area (Å²) in [5.41, 5.74) is 3.35. The van der Waals surface area contributed by atoms with Crippen molar-refractivity contribution in [2.75, 3.05) is 18.1 Å². The number of hydrogen-bond donors (Lipinski definition) is 2. The van der Waals surface area contributed by atoms with Gasteiger partial charge in [0.2, 0.25) is 0 Å². The molecule has 0 atom stereocenters. The van der Waals surface area contributed by atoms with Crippen molar-refractivity contribution < 1.29 is 14.6 Å². The Bertz CT molecular complexity index is 1170. The van der Waals surface area contributed by atoms with Gasteiger partial charge in [-0.25, -0.2) is 9.78 Å². The van der Waals surface area contributed by atoms with Crippen molar-refractivity contribution in [2.45, 2.75) is 20.3 Å². The van der Waals surface area contributed by atoms with Crippen molar-refractivity contribution in [2.24, 2.45) is 0 Å². The minimum absolute atomic E-state index is 0.0947. The predicted molar refractivity (Wildman–Crippen MR) is 124 cm³/mol. The van der Waals surface area contributed by atoms with E-state index in [9.17, 15) is 9.90 Å². The van der Waals surface area contributed by atoms with E-state index in [1.807, 2.05) is 50.2 Å².